The van der Waals surface area contributed by atoms with E-state index in [9.17, 15) is 9.59 Å². The molecule has 4 nitrogen and oxygen atoms in total. The van der Waals surface area contributed by atoms with Crippen LogP contribution in [0.2, 0.25) is 0 Å². The lowest BCUT2D eigenvalue weighted by atomic mass is 10.1. The Morgan fingerprint density at radius 2 is 2.11 bits per heavy atom. The summed E-state index contributed by atoms with van der Waals surface area (Å²) in [5.41, 5.74) is 0.597. The second kappa shape index (κ2) is 6.05. The van der Waals surface area contributed by atoms with Crippen LogP contribution in [0.25, 0.3) is 0 Å². The number of hydrogen-bond acceptors (Lipinski definition) is 3. The van der Waals surface area contributed by atoms with E-state index >= 15 is 0 Å². The van der Waals surface area contributed by atoms with Gasteiger partial charge >= 0.3 is 5.97 Å². The number of amides is 1. The van der Waals surface area contributed by atoms with Crippen LogP contribution in [0, 0.1) is 5.92 Å². The number of carbonyl (C=O) groups is 2. The molecule has 1 amide bonds. The molecule has 0 aromatic heterocycles. The van der Waals surface area contributed by atoms with Gasteiger partial charge in [0.25, 0.3) is 5.91 Å². The maximum atomic E-state index is 12.4. The molecule has 1 heterocycles. The first-order chi connectivity index (χ1) is 9.02. The van der Waals surface area contributed by atoms with Crippen LogP contribution in [0.4, 0.5) is 0 Å². The molecule has 0 aliphatic carbocycles. The minimum atomic E-state index is -0.247. The minimum Gasteiger partial charge on any atom is -0.469 e. The van der Waals surface area contributed by atoms with Gasteiger partial charge in [-0.1, -0.05) is 15.9 Å². The Hall–Kier alpha value is -0.880. The van der Waals surface area contributed by atoms with E-state index < -0.39 is 0 Å². The monoisotopic (exact) mass is 389 g/mol. The maximum absolute atomic E-state index is 12.4. The van der Waals surface area contributed by atoms with Gasteiger partial charge in [-0.05, 0) is 40.5 Å². The topological polar surface area (TPSA) is 46.6 Å². The first-order valence-corrected chi connectivity index (χ1v) is 7.43. The quantitative estimate of drug-likeness (QED) is 0.729. The van der Waals surface area contributed by atoms with E-state index in [0.29, 0.717) is 25.1 Å². The average Bonchev–Trinajstić information content (AvgIpc) is 2.89. The van der Waals surface area contributed by atoms with Gasteiger partial charge in [-0.25, -0.2) is 0 Å². The summed E-state index contributed by atoms with van der Waals surface area (Å²) in [6.45, 7) is 1.00. The van der Waals surface area contributed by atoms with Crippen LogP contribution in [0.15, 0.2) is 27.1 Å². The number of nitrogens with zero attached hydrogens (tertiary/aromatic N) is 1. The van der Waals surface area contributed by atoms with Crippen molar-refractivity contribution in [2.75, 3.05) is 20.2 Å². The highest BCUT2D eigenvalue weighted by molar-refractivity contribution is 9.11. The third kappa shape index (κ3) is 3.17. The number of halogens is 2. The number of esters is 1. The Morgan fingerprint density at radius 3 is 2.79 bits per heavy atom. The van der Waals surface area contributed by atoms with Gasteiger partial charge in [-0.3, -0.25) is 9.59 Å². The fourth-order valence-electron chi connectivity index (χ4n) is 2.14. The van der Waals surface area contributed by atoms with E-state index in [1.54, 1.807) is 11.0 Å². The Labute approximate surface area is 128 Å². The molecule has 1 aromatic carbocycles. The predicted octanol–water partition coefficient (Wildman–Crippen LogP) is 2.85. The lowest BCUT2D eigenvalue weighted by Crippen LogP contribution is -2.30. The summed E-state index contributed by atoms with van der Waals surface area (Å²) in [7, 11) is 1.37. The number of rotatable bonds is 2. The molecular formula is C13H13Br2NO3. The summed E-state index contributed by atoms with van der Waals surface area (Å²) in [6.07, 6.45) is 0.657. The molecule has 19 heavy (non-hydrogen) atoms. The summed E-state index contributed by atoms with van der Waals surface area (Å²) in [6, 6.07) is 5.46. The van der Waals surface area contributed by atoms with Crippen LogP contribution in [-0.4, -0.2) is 37.0 Å². The number of hydrogen-bond donors (Lipinski definition) is 0. The third-order valence-corrected chi connectivity index (χ3v) is 4.35. The van der Waals surface area contributed by atoms with Gasteiger partial charge in [0, 0.05) is 22.0 Å². The van der Waals surface area contributed by atoms with Crippen molar-refractivity contribution >= 4 is 43.7 Å². The molecule has 102 valence electrons. The molecule has 1 unspecified atom stereocenters. The van der Waals surface area contributed by atoms with E-state index in [2.05, 4.69) is 31.9 Å². The Kier molecular flexibility index (Phi) is 4.62. The van der Waals surface area contributed by atoms with Gasteiger partial charge < -0.3 is 9.64 Å². The van der Waals surface area contributed by atoms with E-state index in [0.717, 1.165) is 8.95 Å². The van der Waals surface area contributed by atoms with Crippen molar-refractivity contribution in [1.29, 1.82) is 0 Å². The zero-order valence-corrected chi connectivity index (χ0v) is 13.5. The minimum absolute atomic E-state index is 0.0698. The van der Waals surface area contributed by atoms with Crippen LogP contribution in [0.1, 0.15) is 16.8 Å². The van der Waals surface area contributed by atoms with E-state index in [4.69, 9.17) is 4.74 Å². The molecule has 1 atom stereocenters. The van der Waals surface area contributed by atoms with Crippen molar-refractivity contribution in [3.63, 3.8) is 0 Å². The smallest absolute Gasteiger partial charge is 0.310 e. The van der Waals surface area contributed by atoms with Crippen LogP contribution in [0.5, 0.6) is 0 Å². The highest BCUT2D eigenvalue weighted by atomic mass is 79.9. The molecule has 1 fully saturated rings. The van der Waals surface area contributed by atoms with Crippen molar-refractivity contribution in [3.8, 4) is 0 Å². The number of ether oxygens (including phenoxy) is 1. The molecule has 0 radical (unpaired) electrons. The summed E-state index contributed by atoms with van der Waals surface area (Å²) >= 11 is 6.73. The van der Waals surface area contributed by atoms with Crippen LogP contribution >= 0.6 is 31.9 Å². The van der Waals surface area contributed by atoms with Crippen LogP contribution in [-0.2, 0) is 9.53 Å². The van der Waals surface area contributed by atoms with Gasteiger partial charge in [0.05, 0.1) is 18.6 Å². The fourth-order valence-corrected chi connectivity index (χ4v) is 2.91. The van der Waals surface area contributed by atoms with Gasteiger partial charge in [0.1, 0.15) is 0 Å². The van der Waals surface area contributed by atoms with Crippen molar-refractivity contribution in [2.45, 2.75) is 6.42 Å². The largest absolute Gasteiger partial charge is 0.469 e. The zero-order chi connectivity index (χ0) is 14.0. The van der Waals surface area contributed by atoms with Crippen molar-refractivity contribution in [1.82, 2.24) is 4.90 Å². The number of carbonyl (C=O) groups excluding carboxylic acids is 2. The molecule has 1 aliphatic rings. The SMILES string of the molecule is COC(=O)C1CCN(C(=O)c2cc(Br)ccc2Br)C1. The standard InChI is InChI=1S/C13H13Br2NO3/c1-19-13(18)8-4-5-16(7-8)12(17)10-6-9(14)2-3-11(10)15/h2-3,6,8H,4-5,7H2,1H3. The molecular weight excluding hydrogens is 378 g/mol. The Bertz CT molecular complexity index is 519. The van der Waals surface area contributed by atoms with Gasteiger partial charge in [-0.15, -0.1) is 0 Å². The van der Waals surface area contributed by atoms with Crippen molar-refractivity contribution in [2.24, 2.45) is 5.92 Å². The van der Waals surface area contributed by atoms with Gasteiger partial charge in [0.15, 0.2) is 0 Å². The highest BCUT2D eigenvalue weighted by Crippen LogP contribution is 2.26. The van der Waals surface area contributed by atoms with Crippen LogP contribution in [0.3, 0.4) is 0 Å². The zero-order valence-electron chi connectivity index (χ0n) is 10.4. The fraction of sp³-hybridized carbons (Fsp3) is 0.385. The lowest BCUT2D eigenvalue weighted by Gasteiger charge is -2.17. The molecule has 0 spiro atoms. The second-order valence-corrected chi connectivity index (χ2v) is 6.15. The molecule has 0 saturated carbocycles. The normalized spacial score (nSPS) is 18.5. The number of benzene rings is 1. The maximum Gasteiger partial charge on any atom is 0.310 e. The molecule has 1 aliphatic heterocycles. The van der Waals surface area contributed by atoms with Crippen molar-refractivity contribution < 1.29 is 14.3 Å². The second-order valence-electron chi connectivity index (χ2n) is 4.38. The Morgan fingerprint density at radius 1 is 1.37 bits per heavy atom. The Balaban J connectivity index is 2.13. The number of likely N-dealkylation sites (tertiary alicyclic amines) is 1. The molecule has 1 aromatic rings. The predicted molar refractivity (Wildman–Crippen MR) is 77.9 cm³/mol. The molecule has 0 N–H and O–H groups in total. The van der Waals surface area contributed by atoms with Gasteiger partial charge in [-0.2, -0.15) is 0 Å². The average molecular weight is 391 g/mol. The van der Waals surface area contributed by atoms with Gasteiger partial charge in [0.2, 0.25) is 0 Å². The van der Waals surface area contributed by atoms with E-state index in [1.165, 1.54) is 7.11 Å². The summed E-state index contributed by atoms with van der Waals surface area (Å²) < 4.78 is 6.32. The van der Waals surface area contributed by atoms with E-state index in [-0.39, 0.29) is 17.8 Å². The molecule has 0 bridgehead atoms. The first kappa shape index (κ1) is 14.5. The van der Waals surface area contributed by atoms with Crippen LogP contribution < -0.4 is 0 Å². The highest BCUT2D eigenvalue weighted by Gasteiger charge is 2.32. The van der Waals surface area contributed by atoms with Crippen molar-refractivity contribution in [3.05, 3.63) is 32.7 Å². The summed E-state index contributed by atoms with van der Waals surface area (Å²) in [5.74, 6) is -0.525. The third-order valence-electron chi connectivity index (χ3n) is 3.17. The molecule has 1 saturated heterocycles. The summed E-state index contributed by atoms with van der Waals surface area (Å²) in [4.78, 5) is 25.6. The van der Waals surface area contributed by atoms with E-state index in [1.807, 2.05) is 12.1 Å². The summed E-state index contributed by atoms with van der Waals surface area (Å²) in [5, 5.41) is 0. The molecule has 2 rings (SSSR count). The number of methoxy groups -OCH3 is 1. The first-order valence-electron chi connectivity index (χ1n) is 5.85. The molecule has 6 heteroatoms. The lowest BCUT2D eigenvalue weighted by molar-refractivity contribution is -0.144.